The summed E-state index contributed by atoms with van der Waals surface area (Å²) in [6.45, 7) is 0.342. The number of carbonyl (C=O) groups excluding carboxylic acids is 1. The van der Waals surface area contributed by atoms with E-state index in [1.165, 1.54) is 17.0 Å². The standard InChI is InChI=1S/C13H12Cl2N2O2/c1-17(7-9-3-2-4-19-9)13(18)10-5-8(16)6-11(14)12(10)15/h2-6H,7,16H2,1H3. The molecule has 0 aliphatic rings. The van der Waals surface area contributed by atoms with E-state index in [9.17, 15) is 4.79 Å². The van der Waals surface area contributed by atoms with Crippen LogP contribution in [0.25, 0.3) is 0 Å². The fourth-order valence-electron chi connectivity index (χ4n) is 1.68. The van der Waals surface area contributed by atoms with E-state index in [4.69, 9.17) is 33.4 Å². The molecule has 1 aromatic heterocycles. The second-order valence-corrected chi connectivity index (χ2v) is 4.89. The maximum absolute atomic E-state index is 12.3. The first-order chi connectivity index (χ1) is 8.99. The van der Waals surface area contributed by atoms with E-state index in [0.29, 0.717) is 18.0 Å². The van der Waals surface area contributed by atoms with E-state index >= 15 is 0 Å². The highest BCUT2D eigenvalue weighted by molar-refractivity contribution is 6.44. The molecule has 0 radical (unpaired) electrons. The SMILES string of the molecule is CN(Cc1ccco1)C(=O)c1cc(N)cc(Cl)c1Cl. The predicted octanol–water partition coefficient (Wildman–Crippen LogP) is 3.44. The van der Waals surface area contributed by atoms with E-state index in [1.807, 2.05) is 0 Å². The van der Waals surface area contributed by atoms with Crippen molar-refractivity contribution in [1.29, 1.82) is 0 Å². The number of amides is 1. The number of nitrogens with zero attached hydrogens (tertiary/aromatic N) is 1. The van der Waals surface area contributed by atoms with Crippen molar-refractivity contribution < 1.29 is 9.21 Å². The van der Waals surface area contributed by atoms with Crippen LogP contribution in [-0.4, -0.2) is 17.9 Å². The number of hydrogen-bond acceptors (Lipinski definition) is 3. The first-order valence-electron chi connectivity index (χ1n) is 5.51. The first-order valence-corrected chi connectivity index (χ1v) is 6.27. The normalized spacial score (nSPS) is 10.5. The van der Waals surface area contributed by atoms with Crippen LogP contribution in [0, 0.1) is 0 Å². The number of benzene rings is 1. The van der Waals surface area contributed by atoms with Crippen molar-refractivity contribution in [3.8, 4) is 0 Å². The van der Waals surface area contributed by atoms with Gasteiger partial charge in [0.05, 0.1) is 28.4 Å². The Kier molecular flexibility index (Phi) is 4.02. The van der Waals surface area contributed by atoms with Gasteiger partial charge in [-0.15, -0.1) is 0 Å². The zero-order chi connectivity index (χ0) is 14.0. The molecule has 0 bridgehead atoms. The number of hydrogen-bond donors (Lipinski definition) is 1. The van der Waals surface area contributed by atoms with Crippen molar-refractivity contribution >= 4 is 34.8 Å². The third-order valence-corrected chi connectivity index (χ3v) is 3.40. The summed E-state index contributed by atoms with van der Waals surface area (Å²) in [5, 5.41) is 0.462. The predicted molar refractivity (Wildman–Crippen MR) is 75.4 cm³/mol. The number of rotatable bonds is 3. The fraction of sp³-hybridized carbons (Fsp3) is 0.154. The molecule has 2 rings (SSSR count). The van der Waals surface area contributed by atoms with Crippen LogP contribution >= 0.6 is 23.2 Å². The maximum atomic E-state index is 12.3. The monoisotopic (exact) mass is 298 g/mol. The molecule has 4 nitrogen and oxygen atoms in total. The Balaban J connectivity index is 2.24. The van der Waals surface area contributed by atoms with E-state index in [-0.39, 0.29) is 21.5 Å². The molecule has 1 aromatic carbocycles. The van der Waals surface area contributed by atoms with Gasteiger partial charge in [0, 0.05) is 12.7 Å². The fourth-order valence-corrected chi connectivity index (χ4v) is 2.10. The zero-order valence-corrected chi connectivity index (χ0v) is 11.7. The lowest BCUT2D eigenvalue weighted by atomic mass is 10.1. The molecule has 0 aliphatic carbocycles. The highest BCUT2D eigenvalue weighted by Gasteiger charge is 2.18. The largest absolute Gasteiger partial charge is 0.467 e. The molecule has 6 heteroatoms. The van der Waals surface area contributed by atoms with Gasteiger partial charge in [0.2, 0.25) is 0 Å². The van der Waals surface area contributed by atoms with Gasteiger partial charge in [0.25, 0.3) is 5.91 Å². The van der Waals surface area contributed by atoms with Gasteiger partial charge in [-0.1, -0.05) is 23.2 Å². The van der Waals surface area contributed by atoms with Crippen molar-refractivity contribution in [2.24, 2.45) is 0 Å². The molecule has 2 N–H and O–H groups in total. The van der Waals surface area contributed by atoms with Crippen LogP contribution in [0.4, 0.5) is 5.69 Å². The minimum absolute atomic E-state index is 0.201. The van der Waals surface area contributed by atoms with Gasteiger partial charge >= 0.3 is 0 Å². The van der Waals surface area contributed by atoms with Crippen molar-refractivity contribution in [3.63, 3.8) is 0 Å². The summed E-state index contributed by atoms with van der Waals surface area (Å²) in [5.41, 5.74) is 6.34. The lowest BCUT2D eigenvalue weighted by Gasteiger charge is -2.17. The Hall–Kier alpha value is -1.65. The van der Waals surface area contributed by atoms with E-state index < -0.39 is 0 Å². The van der Waals surface area contributed by atoms with Crippen molar-refractivity contribution in [2.45, 2.75) is 6.54 Å². The molecule has 0 saturated heterocycles. The van der Waals surface area contributed by atoms with Crippen molar-refractivity contribution in [2.75, 3.05) is 12.8 Å². The molecule has 19 heavy (non-hydrogen) atoms. The average Bonchev–Trinajstić information content (AvgIpc) is 2.85. The summed E-state index contributed by atoms with van der Waals surface area (Å²) in [7, 11) is 1.65. The van der Waals surface area contributed by atoms with Gasteiger partial charge in [-0.2, -0.15) is 0 Å². The van der Waals surface area contributed by atoms with Gasteiger partial charge < -0.3 is 15.1 Å². The lowest BCUT2D eigenvalue weighted by molar-refractivity contribution is 0.0775. The number of nitrogens with two attached hydrogens (primary N) is 1. The minimum Gasteiger partial charge on any atom is -0.467 e. The molecule has 0 unspecified atom stereocenters. The Morgan fingerprint density at radius 1 is 1.42 bits per heavy atom. The molecule has 2 aromatic rings. The van der Waals surface area contributed by atoms with Crippen LogP contribution in [0.2, 0.25) is 10.0 Å². The Bertz CT molecular complexity index is 597. The van der Waals surface area contributed by atoms with Crippen molar-refractivity contribution in [1.82, 2.24) is 4.90 Å². The topological polar surface area (TPSA) is 59.5 Å². The van der Waals surface area contributed by atoms with Gasteiger partial charge in [-0.3, -0.25) is 4.79 Å². The summed E-state index contributed by atoms with van der Waals surface area (Å²) in [5.74, 6) is 0.414. The molecule has 1 amide bonds. The van der Waals surface area contributed by atoms with Gasteiger partial charge in [-0.25, -0.2) is 0 Å². The van der Waals surface area contributed by atoms with Gasteiger partial charge in [0.15, 0.2) is 0 Å². The molecule has 0 fully saturated rings. The Labute approximate surface area is 120 Å². The number of halogens is 2. The zero-order valence-electron chi connectivity index (χ0n) is 10.2. The smallest absolute Gasteiger partial charge is 0.255 e. The number of anilines is 1. The first kappa shape index (κ1) is 13.8. The maximum Gasteiger partial charge on any atom is 0.255 e. The van der Waals surface area contributed by atoms with E-state index in [1.54, 1.807) is 25.4 Å². The van der Waals surface area contributed by atoms with Crippen LogP contribution in [0.1, 0.15) is 16.1 Å². The van der Waals surface area contributed by atoms with Crippen LogP contribution in [0.15, 0.2) is 34.9 Å². The molecular weight excluding hydrogens is 287 g/mol. The average molecular weight is 299 g/mol. The molecule has 0 saturated carbocycles. The second kappa shape index (κ2) is 5.55. The highest BCUT2D eigenvalue weighted by Crippen LogP contribution is 2.29. The summed E-state index contributed by atoms with van der Waals surface area (Å²) in [6, 6.07) is 6.57. The molecule has 0 aliphatic heterocycles. The highest BCUT2D eigenvalue weighted by atomic mass is 35.5. The van der Waals surface area contributed by atoms with Gasteiger partial charge in [-0.05, 0) is 24.3 Å². The molecule has 100 valence electrons. The molecule has 0 atom stereocenters. The van der Waals surface area contributed by atoms with Crippen molar-refractivity contribution in [3.05, 3.63) is 51.9 Å². The summed E-state index contributed by atoms with van der Waals surface area (Å²) in [4.78, 5) is 13.8. The number of furan rings is 1. The minimum atomic E-state index is -0.268. The number of carbonyl (C=O) groups is 1. The summed E-state index contributed by atoms with van der Waals surface area (Å²) >= 11 is 11.9. The van der Waals surface area contributed by atoms with Gasteiger partial charge in [0.1, 0.15) is 5.76 Å². The van der Waals surface area contributed by atoms with Crippen LogP contribution in [0.5, 0.6) is 0 Å². The second-order valence-electron chi connectivity index (χ2n) is 4.10. The Morgan fingerprint density at radius 3 is 2.79 bits per heavy atom. The Morgan fingerprint density at radius 2 is 2.16 bits per heavy atom. The molecule has 0 spiro atoms. The summed E-state index contributed by atoms with van der Waals surface area (Å²) < 4.78 is 5.19. The lowest BCUT2D eigenvalue weighted by Crippen LogP contribution is -2.26. The van der Waals surface area contributed by atoms with E-state index in [2.05, 4.69) is 0 Å². The molecular formula is C13H12Cl2N2O2. The van der Waals surface area contributed by atoms with Crippen LogP contribution in [-0.2, 0) is 6.54 Å². The number of nitrogen functional groups attached to an aromatic ring is 1. The summed E-state index contributed by atoms with van der Waals surface area (Å²) in [6.07, 6.45) is 1.55. The van der Waals surface area contributed by atoms with Crippen LogP contribution < -0.4 is 5.73 Å². The quantitative estimate of drug-likeness (QED) is 0.883. The van der Waals surface area contributed by atoms with E-state index in [0.717, 1.165) is 0 Å². The van der Waals surface area contributed by atoms with Crippen LogP contribution in [0.3, 0.4) is 0 Å². The third-order valence-electron chi connectivity index (χ3n) is 2.60. The third kappa shape index (κ3) is 3.03. The molecule has 1 heterocycles.